The predicted molar refractivity (Wildman–Crippen MR) is 83.7 cm³/mol. The lowest BCUT2D eigenvalue weighted by Crippen LogP contribution is -2.37. The standard InChI is InChI=1S/C15H15N4O4S/c1-23-11-3-2-4-12(7-11)24(21,22)19-6-5-10-8-17-15(14(16)20)18-13(10)9-19/h2-4,7H,5-6,9H2,1H3,(H2,16,20). The minimum atomic E-state index is -3.71. The van der Waals surface area contributed by atoms with Gasteiger partial charge < -0.3 is 10.5 Å². The smallest absolute Gasteiger partial charge is 0.286 e. The second-order valence-electron chi connectivity index (χ2n) is 5.22. The van der Waals surface area contributed by atoms with Crippen molar-refractivity contribution in [3.63, 3.8) is 0 Å². The van der Waals surface area contributed by atoms with Crippen molar-refractivity contribution in [3.05, 3.63) is 47.5 Å². The Balaban J connectivity index is 1.93. The van der Waals surface area contributed by atoms with Crippen molar-refractivity contribution in [2.75, 3.05) is 13.7 Å². The van der Waals surface area contributed by atoms with E-state index >= 15 is 0 Å². The van der Waals surface area contributed by atoms with Gasteiger partial charge in [-0.1, -0.05) is 6.07 Å². The number of rotatable bonds is 4. The van der Waals surface area contributed by atoms with Crippen LogP contribution in [-0.2, 0) is 23.0 Å². The summed E-state index contributed by atoms with van der Waals surface area (Å²) >= 11 is 0. The molecular formula is C15H15N4O4S. The van der Waals surface area contributed by atoms with Gasteiger partial charge >= 0.3 is 0 Å². The third-order valence-corrected chi connectivity index (χ3v) is 5.56. The highest BCUT2D eigenvalue weighted by Gasteiger charge is 2.30. The second-order valence-corrected chi connectivity index (χ2v) is 7.15. The molecule has 9 heteroatoms. The predicted octanol–water partition coefficient (Wildman–Crippen LogP) is 0.131. The SMILES string of the molecule is COc1cccc(S(=O)(=O)N2CCc3[c]nc(C(N)=O)nc3C2)c1. The van der Waals surface area contributed by atoms with Crippen molar-refractivity contribution in [1.29, 1.82) is 0 Å². The molecule has 125 valence electrons. The van der Waals surface area contributed by atoms with Crippen LogP contribution in [0.15, 0.2) is 29.2 Å². The number of hydrogen-bond acceptors (Lipinski definition) is 6. The van der Waals surface area contributed by atoms with E-state index in [1.807, 2.05) is 0 Å². The van der Waals surface area contributed by atoms with E-state index in [1.165, 1.54) is 23.5 Å². The molecular weight excluding hydrogens is 332 g/mol. The number of benzene rings is 1. The van der Waals surface area contributed by atoms with Gasteiger partial charge in [-0.05, 0) is 18.6 Å². The van der Waals surface area contributed by atoms with E-state index in [0.717, 1.165) is 0 Å². The van der Waals surface area contributed by atoms with E-state index in [4.69, 9.17) is 10.5 Å². The van der Waals surface area contributed by atoms with E-state index in [0.29, 0.717) is 23.4 Å². The van der Waals surface area contributed by atoms with E-state index in [2.05, 4.69) is 16.2 Å². The molecule has 2 aromatic rings. The first-order chi connectivity index (χ1) is 11.4. The van der Waals surface area contributed by atoms with Crippen molar-refractivity contribution >= 4 is 15.9 Å². The summed E-state index contributed by atoms with van der Waals surface area (Å²) in [5.41, 5.74) is 6.29. The Morgan fingerprint density at radius 2 is 2.21 bits per heavy atom. The molecule has 1 aliphatic heterocycles. The Hall–Kier alpha value is -2.52. The molecule has 1 aliphatic rings. The third-order valence-electron chi connectivity index (χ3n) is 3.72. The Bertz CT molecular complexity index is 898. The fourth-order valence-corrected chi connectivity index (χ4v) is 3.88. The summed E-state index contributed by atoms with van der Waals surface area (Å²) < 4.78 is 32.0. The Labute approximate surface area is 139 Å². The molecule has 1 amide bonds. The number of methoxy groups -OCH3 is 1. The van der Waals surface area contributed by atoms with Crippen LogP contribution < -0.4 is 10.5 Å². The molecule has 0 unspecified atom stereocenters. The number of primary amides is 1. The maximum Gasteiger partial charge on any atom is 0.286 e. The van der Waals surface area contributed by atoms with Gasteiger partial charge in [0.15, 0.2) is 0 Å². The average Bonchev–Trinajstić information content (AvgIpc) is 2.60. The van der Waals surface area contributed by atoms with Gasteiger partial charge in [0.05, 0.1) is 30.4 Å². The van der Waals surface area contributed by atoms with Crippen molar-refractivity contribution in [1.82, 2.24) is 14.3 Å². The molecule has 0 saturated carbocycles. The Kier molecular flexibility index (Phi) is 4.20. The van der Waals surface area contributed by atoms with Gasteiger partial charge in [-0.15, -0.1) is 0 Å². The normalized spacial score (nSPS) is 14.9. The van der Waals surface area contributed by atoms with Crippen molar-refractivity contribution in [3.8, 4) is 5.75 Å². The largest absolute Gasteiger partial charge is 0.497 e. The summed E-state index contributed by atoms with van der Waals surface area (Å²) in [6.07, 6.45) is 3.13. The topological polar surface area (TPSA) is 115 Å². The van der Waals surface area contributed by atoms with Gasteiger partial charge in [0.25, 0.3) is 5.91 Å². The molecule has 1 aromatic heterocycles. The van der Waals surface area contributed by atoms with Crippen LogP contribution in [0.4, 0.5) is 0 Å². The average molecular weight is 347 g/mol. The van der Waals surface area contributed by atoms with Crippen LogP contribution in [0.5, 0.6) is 5.75 Å². The maximum absolute atomic E-state index is 12.8. The summed E-state index contributed by atoms with van der Waals surface area (Å²) in [4.78, 5) is 19.1. The van der Waals surface area contributed by atoms with Gasteiger partial charge in [-0.25, -0.2) is 18.4 Å². The second kappa shape index (κ2) is 6.17. The number of ether oxygens (including phenoxy) is 1. The summed E-state index contributed by atoms with van der Waals surface area (Å²) in [5, 5.41) is 0. The van der Waals surface area contributed by atoms with Crippen LogP contribution in [0.1, 0.15) is 21.9 Å². The fourth-order valence-electron chi connectivity index (χ4n) is 2.44. The molecule has 1 radical (unpaired) electrons. The molecule has 0 bridgehead atoms. The van der Waals surface area contributed by atoms with Gasteiger partial charge in [0.1, 0.15) is 5.75 Å². The number of carbonyl (C=O) groups excluding carboxylic acids is 1. The summed E-state index contributed by atoms with van der Waals surface area (Å²) in [7, 11) is -2.23. The first-order valence-electron chi connectivity index (χ1n) is 7.13. The zero-order chi connectivity index (χ0) is 17.3. The van der Waals surface area contributed by atoms with Crippen molar-refractivity contribution in [2.45, 2.75) is 17.9 Å². The zero-order valence-electron chi connectivity index (χ0n) is 12.9. The molecule has 0 aliphatic carbocycles. The van der Waals surface area contributed by atoms with Crippen molar-refractivity contribution < 1.29 is 17.9 Å². The minimum Gasteiger partial charge on any atom is -0.497 e. The number of nitrogens with two attached hydrogens (primary N) is 1. The quantitative estimate of drug-likeness (QED) is 0.840. The number of amides is 1. The summed E-state index contributed by atoms with van der Waals surface area (Å²) in [6, 6.07) is 6.26. The molecule has 0 saturated heterocycles. The van der Waals surface area contributed by atoms with Gasteiger partial charge in [0.2, 0.25) is 15.8 Å². The van der Waals surface area contributed by atoms with Crippen LogP contribution in [0.2, 0.25) is 0 Å². The first-order valence-corrected chi connectivity index (χ1v) is 8.57. The highest BCUT2D eigenvalue weighted by atomic mass is 32.2. The van der Waals surface area contributed by atoms with Crippen LogP contribution >= 0.6 is 0 Å². The monoisotopic (exact) mass is 347 g/mol. The minimum absolute atomic E-state index is 0.0359. The lowest BCUT2D eigenvalue weighted by atomic mass is 10.1. The maximum atomic E-state index is 12.8. The first kappa shape index (κ1) is 16.3. The summed E-state index contributed by atoms with van der Waals surface area (Å²) in [5.74, 6) is -0.489. The van der Waals surface area contributed by atoms with Gasteiger partial charge in [0, 0.05) is 18.2 Å². The van der Waals surface area contributed by atoms with Crippen LogP contribution in [0.3, 0.4) is 0 Å². The number of hydrogen-bond donors (Lipinski definition) is 1. The van der Waals surface area contributed by atoms with E-state index in [-0.39, 0.29) is 23.8 Å². The fraction of sp³-hybridized carbons (Fsp3) is 0.267. The highest BCUT2D eigenvalue weighted by molar-refractivity contribution is 7.89. The van der Waals surface area contributed by atoms with Crippen LogP contribution in [0, 0.1) is 6.20 Å². The number of sulfonamides is 1. The number of carbonyl (C=O) groups is 1. The Morgan fingerprint density at radius 3 is 2.92 bits per heavy atom. The molecule has 0 atom stereocenters. The molecule has 2 N–H and O–H groups in total. The van der Waals surface area contributed by atoms with Gasteiger partial charge in [-0.2, -0.15) is 4.31 Å². The Morgan fingerprint density at radius 1 is 1.42 bits per heavy atom. The molecule has 24 heavy (non-hydrogen) atoms. The zero-order valence-corrected chi connectivity index (χ0v) is 13.7. The molecule has 2 heterocycles. The van der Waals surface area contributed by atoms with E-state index in [9.17, 15) is 13.2 Å². The van der Waals surface area contributed by atoms with E-state index < -0.39 is 15.9 Å². The summed E-state index contributed by atoms with van der Waals surface area (Å²) in [6.45, 7) is 0.316. The molecule has 3 rings (SSSR count). The number of nitrogens with zero attached hydrogens (tertiary/aromatic N) is 3. The highest BCUT2D eigenvalue weighted by Crippen LogP contribution is 2.25. The lowest BCUT2D eigenvalue weighted by molar-refractivity contribution is 0.0989. The third kappa shape index (κ3) is 2.95. The molecule has 8 nitrogen and oxygen atoms in total. The van der Waals surface area contributed by atoms with Crippen molar-refractivity contribution in [2.24, 2.45) is 5.73 Å². The van der Waals surface area contributed by atoms with Crippen LogP contribution in [0.25, 0.3) is 0 Å². The van der Waals surface area contributed by atoms with Crippen LogP contribution in [-0.4, -0.2) is 42.3 Å². The lowest BCUT2D eigenvalue weighted by Gasteiger charge is -2.27. The number of fused-ring (bicyclic) bond motifs is 1. The molecule has 0 spiro atoms. The molecule has 0 fully saturated rings. The van der Waals surface area contributed by atoms with E-state index in [1.54, 1.807) is 12.1 Å². The number of aromatic nitrogens is 2. The van der Waals surface area contributed by atoms with Gasteiger partial charge in [-0.3, -0.25) is 4.79 Å². The molecule has 1 aromatic carbocycles.